The molecule has 2 heterocycles. The van der Waals surface area contributed by atoms with Crippen LogP contribution in [0.15, 0.2) is 55.0 Å². The van der Waals surface area contributed by atoms with Crippen LogP contribution in [-0.2, 0) is 6.54 Å². The zero-order valence-electron chi connectivity index (χ0n) is 13.1. The fourth-order valence-electron chi connectivity index (χ4n) is 2.26. The number of hydrogen-bond donors (Lipinski definition) is 1. The summed E-state index contributed by atoms with van der Waals surface area (Å²) in [4.78, 5) is 16.1. The molecule has 2 aromatic heterocycles. The molecule has 3 aromatic rings. The van der Waals surface area contributed by atoms with Crippen molar-refractivity contribution in [3.05, 3.63) is 77.6 Å². The molecular weight excluding hydrogens is 309 g/mol. The van der Waals surface area contributed by atoms with Gasteiger partial charge in [0.15, 0.2) is 5.69 Å². The SMILES string of the molecule is C[C@H](c1cccc(F)c1)n1cc(C(=O)NCc2ccncc2)nn1. The number of pyridine rings is 1. The third kappa shape index (κ3) is 3.62. The zero-order chi connectivity index (χ0) is 16.9. The van der Waals surface area contributed by atoms with Crippen LogP contribution >= 0.6 is 0 Å². The molecule has 3 rings (SSSR count). The topological polar surface area (TPSA) is 72.7 Å². The summed E-state index contributed by atoms with van der Waals surface area (Å²) in [6.45, 7) is 2.25. The third-order valence-corrected chi connectivity index (χ3v) is 3.67. The third-order valence-electron chi connectivity index (χ3n) is 3.67. The van der Waals surface area contributed by atoms with Gasteiger partial charge in [0.2, 0.25) is 0 Å². The number of benzene rings is 1. The lowest BCUT2D eigenvalue weighted by atomic mass is 10.1. The van der Waals surface area contributed by atoms with E-state index in [0.29, 0.717) is 6.54 Å². The standard InChI is InChI=1S/C17H16FN5O/c1-12(14-3-2-4-15(18)9-14)23-11-16(21-22-23)17(24)20-10-13-5-7-19-8-6-13/h2-9,11-12H,10H2,1H3,(H,20,24)/t12-/m1/s1. The van der Waals surface area contributed by atoms with E-state index in [-0.39, 0.29) is 23.5 Å². The van der Waals surface area contributed by atoms with Crippen LogP contribution in [0.5, 0.6) is 0 Å². The number of aromatic nitrogens is 4. The van der Waals surface area contributed by atoms with Gasteiger partial charge in [-0.1, -0.05) is 17.3 Å². The first-order chi connectivity index (χ1) is 11.6. The molecule has 7 heteroatoms. The van der Waals surface area contributed by atoms with Crippen molar-refractivity contribution >= 4 is 5.91 Å². The molecule has 122 valence electrons. The molecule has 0 unspecified atom stereocenters. The first-order valence-electron chi connectivity index (χ1n) is 7.48. The number of rotatable bonds is 5. The minimum absolute atomic E-state index is 0.215. The van der Waals surface area contributed by atoms with Crippen molar-refractivity contribution in [1.82, 2.24) is 25.3 Å². The van der Waals surface area contributed by atoms with Crippen molar-refractivity contribution in [1.29, 1.82) is 0 Å². The Balaban J connectivity index is 1.67. The van der Waals surface area contributed by atoms with Crippen molar-refractivity contribution in [3.8, 4) is 0 Å². The minimum atomic E-state index is -0.315. The Bertz CT molecular complexity index is 834. The average Bonchev–Trinajstić information content (AvgIpc) is 3.10. The monoisotopic (exact) mass is 325 g/mol. The Hall–Kier alpha value is -3.09. The van der Waals surface area contributed by atoms with Crippen LogP contribution in [0.3, 0.4) is 0 Å². The normalized spacial score (nSPS) is 11.9. The van der Waals surface area contributed by atoms with Crippen LogP contribution in [0.1, 0.15) is 34.6 Å². The van der Waals surface area contributed by atoms with Crippen molar-refractivity contribution in [3.63, 3.8) is 0 Å². The Morgan fingerprint density at radius 1 is 1.29 bits per heavy atom. The second-order valence-corrected chi connectivity index (χ2v) is 5.35. The lowest BCUT2D eigenvalue weighted by Crippen LogP contribution is -2.23. The molecule has 0 bridgehead atoms. The van der Waals surface area contributed by atoms with Crippen LogP contribution in [0.25, 0.3) is 0 Å². The molecule has 0 saturated carbocycles. The number of nitrogens with one attached hydrogen (secondary N) is 1. The largest absolute Gasteiger partial charge is 0.347 e. The summed E-state index contributed by atoms with van der Waals surface area (Å²) in [5.41, 5.74) is 1.91. The molecule has 0 spiro atoms. The predicted octanol–water partition coefficient (Wildman–Crippen LogP) is 2.35. The zero-order valence-corrected chi connectivity index (χ0v) is 13.1. The summed E-state index contributed by atoms with van der Waals surface area (Å²) in [5, 5.41) is 10.6. The van der Waals surface area contributed by atoms with Gasteiger partial charge in [-0.15, -0.1) is 5.10 Å². The predicted molar refractivity (Wildman–Crippen MR) is 85.6 cm³/mol. The van der Waals surface area contributed by atoms with Crippen molar-refractivity contribution in [2.24, 2.45) is 0 Å². The van der Waals surface area contributed by atoms with Gasteiger partial charge >= 0.3 is 0 Å². The molecule has 1 N–H and O–H groups in total. The molecule has 0 aliphatic heterocycles. The molecule has 1 atom stereocenters. The maximum absolute atomic E-state index is 13.3. The Morgan fingerprint density at radius 3 is 2.83 bits per heavy atom. The van der Waals surface area contributed by atoms with Crippen molar-refractivity contribution < 1.29 is 9.18 Å². The van der Waals surface area contributed by atoms with E-state index in [1.54, 1.807) is 30.7 Å². The van der Waals surface area contributed by atoms with Gasteiger partial charge in [0.1, 0.15) is 5.82 Å². The summed E-state index contributed by atoms with van der Waals surface area (Å²) in [5.74, 6) is -0.626. The van der Waals surface area contributed by atoms with E-state index < -0.39 is 0 Å². The van der Waals surface area contributed by atoms with Crippen molar-refractivity contribution in [2.45, 2.75) is 19.5 Å². The maximum Gasteiger partial charge on any atom is 0.273 e. The van der Waals surface area contributed by atoms with Crippen LogP contribution in [-0.4, -0.2) is 25.9 Å². The van der Waals surface area contributed by atoms with E-state index in [1.807, 2.05) is 19.1 Å². The van der Waals surface area contributed by atoms with Gasteiger partial charge in [0, 0.05) is 18.9 Å². The highest BCUT2D eigenvalue weighted by molar-refractivity contribution is 5.91. The first kappa shape index (κ1) is 15.8. The van der Waals surface area contributed by atoms with Crippen LogP contribution in [0.4, 0.5) is 4.39 Å². The van der Waals surface area contributed by atoms with Gasteiger partial charge in [0.05, 0.1) is 12.2 Å². The second kappa shape index (κ2) is 6.99. The Labute approximate surface area is 138 Å². The smallest absolute Gasteiger partial charge is 0.273 e. The second-order valence-electron chi connectivity index (χ2n) is 5.35. The number of carbonyl (C=O) groups is 1. The number of hydrogen-bond acceptors (Lipinski definition) is 4. The van der Waals surface area contributed by atoms with Crippen LogP contribution in [0, 0.1) is 5.82 Å². The van der Waals surface area contributed by atoms with Crippen LogP contribution in [0.2, 0.25) is 0 Å². The van der Waals surface area contributed by atoms with Crippen molar-refractivity contribution in [2.75, 3.05) is 0 Å². The quantitative estimate of drug-likeness (QED) is 0.781. The average molecular weight is 325 g/mol. The van der Waals surface area contributed by atoms with Gasteiger partial charge in [-0.25, -0.2) is 9.07 Å². The fourth-order valence-corrected chi connectivity index (χ4v) is 2.26. The number of amides is 1. The van der Waals surface area contributed by atoms with Crippen LogP contribution < -0.4 is 5.32 Å². The molecule has 1 aromatic carbocycles. The summed E-state index contributed by atoms with van der Waals surface area (Å²) in [6, 6.07) is 9.69. The molecule has 0 radical (unpaired) electrons. The van der Waals surface area contributed by atoms with E-state index in [0.717, 1.165) is 11.1 Å². The number of nitrogens with zero attached hydrogens (tertiary/aromatic N) is 4. The van der Waals surface area contributed by atoms with Gasteiger partial charge < -0.3 is 5.32 Å². The Morgan fingerprint density at radius 2 is 2.08 bits per heavy atom. The summed E-state index contributed by atoms with van der Waals surface area (Å²) >= 11 is 0. The molecule has 0 saturated heterocycles. The van der Waals surface area contributed by atoms with Gasteiger partial charge in [-0.2, -0.15) is 0 Å². The molecule has 0 fully saturated rings. The van der Waals surface area contributed by atoms with E-state index in [1.165, 1.54) is 16.8 Å². The lowest BCUT2D eigenvalue weighted by Gasteiger charge is -2.11. The molecule has 0 aliphatic rings. The molecule has 1 amide bonds. The molecule has 24 heavy (non-hydrogen) atoms. The van der Waals surface area contributed by atoms with E-state index in [4.69, 9.17) is 0 Å². The highest BCUT2D eigenvalue weighted by atomic mass is 19.1. The summed E-state index contributed by atoms with van der Waals surface area (Å²) < 4.78 is 14.9. The maximum atomic E-state index is 13.3. The fraction of sp³-hybridized carbons (Fsp3) is 0.176. The summed E-state index contributed by atoms with van der Waals surface area (Å²) in [6.07, 6.45) is 4.88. The number of halogens is 1. The molecule has 6 nitrogen and oxygen atoms in total. The van der Waals surface area contributed by atoms with E-state index in [9.17, 15) is 9.18 Å². The molecular formula is C17H16FN5O. The van der Waals surface area contributed by atoms with E-state index >= 15 is 0 Å². The molecule has 0 aliphatic carbocycles. The Kier molecular flexibility index (Phi) is 4.60. The minimum Gasteiger partial charge on any atom is -0.347 e. The first-order valence-corrected chi connectivity index (χ1v) is 7.48. The number of carbonyl (C=O) groups excluding carboxylic acids is 1. The van der Waals surface area contributed by atoms with Gasteiger partial charge in [-0.05, 0) is 42.3 Å². The summed E-state index contributed by atoms with van der Waals surface area (Å²) in [7, 11) is 0. The highest BCUT2D eigenvalue weighted by Gasteiger charge is 2.15. The highest BCUT2D eigenvalue weighted by Crippen LogP contribution is 2.17. The van der Waals surface area contributed by atoms with Gasteiger partial charge in [-0.3, -0.25) is 9.78 Å². The van der Waals surface area contributed by atoms with E-state index in [2.05, 4.69) is 20.6 Å². The van der Waals surface area contributed by atoms with Gasteiger partial charge in [0.25, 0.3) is 5.91 Å². The lowest BCUT2D eigenvalue weighted by molar-refractivity contribution is 0.0946.